The molecule has 0 aliphatic rings. The molecule has 0 atom stereocenters. The number of ether oxygens (including phenoxy) is 1. The maximum absolute atomic E-state index is 11.4. The molecule has 15 heavy (non-hydrogen) atoms. The van der Waals surface area contributed by atoms with E-state index in [4.69, 9.17) is 4.74 Å². The average molecular weight is 210 g/mol. The molecule has 0 aliphatic carbocycles. The van der Waals surface area contributed by atoms with Crippen molar-refractivity contribution < 1.29 is 14.0 Å². The fourth-order valence-corrected chi connectivity index (χ4v) is 0.891. The van der Waals surface area contributed by atoms with Gasteiger partial charge in [-0.2, -0.15) is 0 Å². The first-order chi connectivity index (χ1) is 6.99. The van der Waals surface area contributed by atoms with E-state index in [9.17, 15) is 4.79 Å². The van der Waals surface area contributed by atoms with Crippen LogP contribution in [0.1, 0.15) is 10.5 Å². The van der Waals surface area contributed by atoms with Gasteiger partial charge in [0.25, 0.3) is 0 Å². The Morgan fingerprint density at radius 3 is 2.67 bits per heavy atom. The number of esters is 1. The minimum atomic E-state index is -0.420. The molecule has 1 aromatic heterocycles. The minimum Gasteiger partial charge on any atom is -0.455 e. The molecule has 5 nitrogen and oxygen atoms in total. The highest BCUT2D eigenvalue weighted by atomic mass is 16.5. The van der Waals surface area contributed by atoms with E-state index in [-0.39, 0.29) is 5.69 Å². The zero-order valence-corrected chi connectivity index (χ0v) is 9.30. The van der Waals surface area contributed by atoms with Gasteiger partial charge in [0.2, 0.25) is 0 Å². The molecular weight excluding hydrogens is 194 g/mol. The molecule has 0 aliphatic heterocycles. The standard InChI is InChI=1S/C10H16N3O2/c1-13(2,3)6-7-15-10(14)9-8-11-4-5-12-9/h4-5,8H,6-7H2,1-3H3/q+1. The predicted octanol–water partition coefficient (Wildman–Crippen LogP) is 0.340. The van der Waals surface area contributed by atoms with Gasteiger partial charge >= 0.3 is 5.97 Å². The summed E-state index contributed by atoms with van der Waals surface area (Å²) in [4.78, 5) is 19.0. The Kier molecular flexibility index (Phi) is 3.74. The normalized spacial score (nSPS) is 11.1. The van der Waals surface area contributed by atoms with E-state index in [0.29, 0.717) is 6.61 Å². The molecule has 82 valence electrons. The highest BCUT2D eigenvalue weighted by molar-refractivity contribution is 5.86. The average Bonchev–Trinajstić information content (AvgIpc) is 2.17. The van der Waals surface area contributed by atoms with Crippen LogP contribution in [0.25, 0.3) is 0 Å². The molecule has 5 heteroatoms. The Balaban J connectivity index is 2.38. The summed E-state index contributed by atoms with van der Waals surface area (Å²) in [5.74, 6) is -0.420. The zero-order chi connectivity index (χ0) is 11.3. The summed E-state index contributed by atoms with van der Waals surface area (Å²) in [6.45, 7) is 1.16. The van der Waals surface area contributed by atoms with Crippen LogP contribution in [0.3, 0.4) is 0 Å². The van der Waals surface area contributed by atoms with E-state index >= 15 is 0 Å². The largest absolute Gasteiger partial charge is 0.455 e. The van der Waals surface area contributed by atoms with E-state index in [1.54, 1.807) is 0 Å². The smallest absolute Gasteiger partial charge is 0.358 e. The van der Waals surface area contributed by atoms with Gasteiger partial charge in [-0.1, -0.05) is 0 Å². The monoisotopic (exact) mass is 210 g/mol. The second-order valence-electron chi connectivity index (χ2n) is 4.24. The van der Waals surface area contributed by atoms with E-state index in [1.165, 1.54) is 18.6 Å². The topological polar surface area (TPSA) is 52.1 Å². The summed E-state index contributed by atoms with van der Waals surface area (Å²) in [5.41, 5.74) is 0.249. The van der Waals surface area contributed by atoms with Gasteiger partial charge in [-0.25, -0.2) is 9.78 Å². The van der Waals surface area contributed by atoms with E-state index in [1.807, 2.05) is 21.1 Å². The first-order valence-electron chi connectivity index (χ1n) is 4.73. The summed E-state index contributed by atoms with van der Waals surface area (Å²) >= 11 is 0. The summed E-state index contributed by atoms with van der Waals surface area (Å²) in [7, 11) is 6.11. The van der Waals surface area contributed by atoms with E-state index < -0.39 is 5.97 Å². The van der Waals surface area contributed by atoms with Gasteiger partial charge in [0, 0.05) is 12.4 Å². The van der Waals surface area contributed by atoms with Crippen molar-refractivity contribution in [1.29, 1.82) is 0 Å². The van der Waals surface area contributed by atoms with Crippen LogP contribution in [0.4, 0.5) is 0 Å². The van der Waals surface area contributed by atoms with Crippen molar-refractivity contribution >= 4 is 5.97 Å². The second kappa shape index (κ2) is 4.84. The van der Waals surface area contributed by atoms with Crippen molar-refractivity contribution in [3.63, 3.8) is 0 Å². The van der Waals surface area contributed by atoms with Crippen molar-refractivity contribution in [2.24, 2.45) is 0 Å². The maximum Gasteiger partial charge on any atom is 0.358 e. The molecule has 0 aromatic carbocycles. The van der Waals surface area contributed by atoms with Gasteiger partial charge < -0.3 is 9.22 Å². The SMILES string of the molecule is C[N+](C)(C)CCOC(=O)c1cnccn1. The Labute approximate surface area is 89.3 Å². The van der Waals surface area contributed by atoms with Crippen LogP contribution in [0.2, 0.25) is 0 Å². The molecule has 1 rings (SSSR count). The number of quaternary nitrogens is 1. The van der Waals surface area contributed by atoms with Crippen LogP contribution in [-0.4, -0.2) is 54.7 Å². The summed E-state index contributed by atoms with van der Waals surface area (Å²) < 4.78 is 5.80. The molecule has 0 saturated heterocycles. The Morgan fingerprint density at radius 2 is 2.13 bits per heavy atom. The fourth-order valence-electron chi connectivity index (χ4n) is 0.891. The molecule has 0 fully saturated rings. The van der Waals surface area contributed by atoms with E-state index in [0.717, 1.165) is 11.0 Å². The van der Waals surface area contributed by atoms with Crippen LogP contribution < -0.4 is 0 Å². The van der Waals surface area contributed by atoms with Crippen molar-refractivity contribution in [3.8, 4) is 0 Å². The van der Waals surface area contributed by atoms with Crippen LogP contribution in [-0.2, 0) is 4.74 Å². The lowest BCUT2D eigenvalue weighted by molar-refractivity contribution is -0.870. The molecule has 0 radical (unpaired) electrons. The van der Waals surface area contributed by atoms with Gasteiger partial charge in [-0.15, -0.1) is 0 Å². The molecular formula is C10H16N3O2+. The van der Waals surface area contributed by atoms with Crippen LogP contribution in [0, 0.1) is 0 Å². The molecule has 0 saturated carbocycles. The van der Waals surface area contributed by atoms with Crippen molar-refractivity contribution in [1.82, 2.24) is 9.97 Å². The number of aromatic nitrogens is 2. The number of hydrogen-bond acceptors (Lipinski definition) is 4. The van der Waals surface area contributed by atoms with Gasteiger partial charge in [0.05, 0.1) is 27.3 Å². The highest BCUT2D eigenvalue weighted by Gasteiger charge is 2.11. The quantitative estimate of drug-likeness (QED) is 0.531. The van der Waals surface area contributed by atoms with Crippen LogP contribution >= 0.6 is 0 Å². The zero-order valence-electron chi connectivity index (χ0n) is 9.30. The third-order valence-corrected chi connectivity index (χ3v) is 1.77. The maximum atomic E-state index is 11.4. The molecule has 0 spiro atoms. The van der Waals surface area contributed by atoms with Crippen molar-refractivity contribution in [2.45, 2.75) is 0 Å². The number of carbonyl (C=O) groups is 1. The molecule has 0 bridgehead atoms. The van der Waals surface area contributed by atoms with Crippen molar-refractivity contribution in [2.75, 3.05) is 34.3 Å². The van der Waals surface area contributed by atoms with Gasteiger partial charge in [-0.05, 0) is 0 Å². The fraction of sp³-hybridized carbons (Fsp3) is 0.500. The minimum absolute atomic E-state index is 0.249. The number of likely N-dealkylation sites (N-methyl/N-ethyl adjacent to an activating group) is 1. The predicted molar refractivity (Wildman–Crippen MR) is 55.2 cm³/mol. The first kappa shape index (κ1) is 11.6. The number of rotatable bonds is 4. The molecule has 0 N–H and O–H groups in total. The lowest BCUT2D eigenvalue weighted by Gasteiger charge is -2.23. The summed E-state index contributed by atoms with van der Waals surface area (Å²) in [5, 5.41) is 0. The van der Waals surface area contributed by atoms with Crippen LogP contribution in [0.15, 0.2) is 18.6 Å². The molecule has 0 amide bonds. The Hall–Kier alpha value is -1.49. The van der Waals surface area contributed by atoms with Gasteiger partial charge in [0.1, 0.15) is 13.2 Å². The number of hydrogen-bond donors (Lipinski definition) is 0. The highest BCUT2D eigenvalue weighted by Crippen LogP contribution is 1.96. The Morgan fingerprint density at radius 1 is 1.40 bits per heavy atom. The van der Waals surface area contributed by atoms with Crippen LogP contribution in [0.5, 0.6) is 0 Å². The Bertz CT molecular complexity index is 319. The number of carbonyl (C=O) groups excluding carboxylic acids is 1. The van der Waals surface area contributed by atoms with Crippen molar-refractivity contribution in [3.05, 3.63) is 24.3 Å². The molecule has 1 heterocycles. The molecule has 0 unspecified atom stereocenters. The first-order valence-corrected chi connectivity index (χ1v) is 4.73. The van der Waals surface area contributed by atoms with Gasteiger partial charge in [0.15, 0.2) is 5.69 Å². The lowest BCUT2D eigenvalue weighted by atomic mass is 10.4. The molecule has 1 aromatic rings. The van der Waals surface area contributed by atoms with E-state index in [2.05, 4.69) is 9.97 Å². The third kappa shape index (κ3) is 4.51. The third-order valence-electron chi connectivity index (χ3n) is 1.77. The number of nitrogens with zero attached hydrogens (tertiary/aromatic N) is 3. The summed E-state index contributed by atoms with van der Waals surface area (Å²) in [6, 6.07) is 0. The second-order valence-corrected chi connectivity index (χ2v) is 4.24. The summed E-state index contributed by atoms with van der Waals surface area (Å²) in [6.07, 6.45) is 4.38. The van der Waals surface area contributed by atoms with Gasteiger partial charge in [-0.3, -0.25) is 4.98 Å². The lowest BCUT2D eigenvalue weighted by Crippen LogP contribution is -2.38.